The zero-order valence-electron chi connectivity index (χ0n) is 24.6. The molecular formula is C32H36BrCl2N3O5S. The van der Waals surface area contributed by atoms with E-state index in [1.54, 1.807) is 54.6 Å². The molecule has 8 nitrogen and oxygen atoms in total. The molecule has 0 saturated heterocycles. The molecule has 2 amide bonds. The van der Waals surface area contributed by atoms with E-state index in [0.29, 0.717) is 38.9 Å². The standard InChI is InChI=1S/C32H36BrCl2N3O5S/c1-3-30(32(40)36-23-8-5-6-9-23)37(20-27-28(34)10-7-11-29(27)35)31(39)21-38(24-14-16-25(17-15-24)43-4-2)44(41,42)26-18-12-22(33)13-19-26/h7,10-19,23,30H,3-6,8-9,20-21H2,1-2H3,(H,36,40)/t30-/m0/s1. The van der Waals surface area contributed by atoms with Crippen LogP contribution in [0.4, 0.5) is 5.69 Å². The van der Waals surface area contributed by atoms with Crippen LogP contribution in [0.15, 0.2) is 76.1 Å². The van der Waals surface area contributed by atoms with Crippen LogP contribution in [0.2, 0.25) is 10.0 Å². The molecule has 3 aromatic carbocycles. The fraction of sp³-hybridized carbons (Fsp3) is 0.375. The molecule has 1 aliphatic rings. The van der Waals surface area contributed by atoms with Crippen molar-refractivity contribution in [1.82, 2.24) is 10.2 Å². The molecule has 236 valence electrons. The second-order valence-corrected chi connectivity index (χ2v) is 14.1. The van der Waals surface area contributed by atoms with Crippen molar-refractivity contribution >= 4 is 66.7 Å². The van der Waals surface area contributed by atoms with Crippen molar-refractivity contribution in [2.75, 3.05) is 17.5 Å². The predicted octanol–water partition coefficient (Wildman–Crippen LogP) is 7.22. The summed E-state index contributed by atoms with van der Waals surface area (Å²) in [6.45, 7) is 3.46. The van der Waals surface area contributed by atoms with Crippen LogP contribution in [0.5, 0.6) is 5.75 Å². The van der Waals surface area contributed by atoms with Gasteiger partial charge in [0, 0.05) is 32.7 Å². The molecule has 44 heavy (non-hydrogen) atoms. The molecule has 4 rings (SSSR count). The van der Waals surface area contributed by atoms with Gasteiger partial charge in [-0.25, -0.2) is 8.42 Å². The van der Waals surface area contributed by atoms with Crippen molar-refractivity contribution in [2.24, 2.45) is 0 Å². The highest BCUT2D eigenvalue weighted by molar-refractivity contribution is 9.10. The van der Waals surface area contributed by atoms with Gasteiger partial charge in [-0.1, -0.05) is 65.0 Å². The lowest BCUT2D eigenvalue weighted by atomic mass is 10.1. The number of carbonyl (C=O) groups excluding carboxylic acids is 2. The summed E-state index contributed by atoms with van der Waals surface area (Å²) >= 11 is 16.4. The van der Waals surface area contributed by atoms with Crippen molar-refractivity contribution in [2.45, 2.75) is 69.5 Å². The molecule has 1 saturated carbocycles. The second-order valence-electron chi connectivity index (χ2n) is 10.5. The third-order valence-electron chi connectivity index (χ3n) is 7.59. The summed E-state index contributed by atoms with van der Waals surface area (Å²) in [7, 11) is -4.21. The number of hydrogen-bond acceptors (Lipinski definition) is 5. The van der Waals surface area contributed by atoms with E-state index in [9.17, 15) is 18.0 Å². The number of halogens is 3. The Morgan fingerprint density at radius 2 is 1.59 bits per heavy atom. The third-order valence-corrected chi connectivity index (χ3v) is 10.6. The quantitative estimate of drug-likeness (QED) is 0.201. The van der Waals surface area contributed by atoms with E-state index in [2.05, 4.69) is 21.2 Å². The Kier molecular flexibility index (Phi) is 12.0. The summed E-state index contributed by atoms with van der Waals surface area (Å²) in [5.41, 5.74) is 0.739. The average molecular weight is 726 g/mol. The van der Waals surface area contributed by atoms with Crippen LogP contribution in [0.3, 0.4) is 0 Å². The summed E-state index contributed by atoms with van der Waals surface area (Å²) in [6, 6.07) is 16.8. The number of anilines is 1. The molecule has 1 atom stereocenters. The molecule has 0 bridgehead atoms. The van der Waals surface area contributed by atoms with E-state index in [0.717, 1.165) is 30.0 Å². The van der Waals surface area contributed by atoms with Gasteiger partial charge < -0.3 is 15.0 Å². The first kappa shape index (κ1) is 34.1. The van der Waals surface area contributed by atoms with Gasteiger partial charge in [0.2, 0.25) is 11.8 Å². The maximum absolute atomic E-state index is 14.3. The monoisotopic (exact) mass is 723 g/mol. The van der Waals surface area contributed by atoms with Gasteiger partial charge >= 0.3 is 0 Å². The maximum atomic E-state index is 14.3. The largest absolute Gasteiger partial charge is 0.494 e. The van der Waals surface area contributed by atoms with Crippen molar-refractivity contribution in [3.05, 3.63) is 86.8 Å². The Hall–Kier alpha value is -2.79. The highest BCUT2D eigenvalue weighted by atomic mass is 79.9. The zero-order chi connectivity index (χ0) is 31.9. The number of sulfonamides is 1. The zero-order valence-corrected chi connectivity index (χ0v) is 28.6. The molecule has 3 aromatic rings. The molecular weight excluding hydrogens is 689 g/mol. The van der Waals surface area contributed by atoms with Crippen LogP contribution < -0.4 is 14.4 Å². The summed E-state index contributed by atoms with van der Waals surface area (Å²) in [6.07, 6.45) is 4.12. The minimum absolute atomic E-state index is 0.00843. The predicted molar refractivity (Wildman–Crippen MR) is 178 cm³/mol. The smallest absolute Gasteiger partial charge is 0.264 e. The number of ether oxygens (including phenoxy) is 1. The van der Waals surface area contributed by atoms with Crippen LogP contribution in [0.1, 0.15) is 51.5 Å². The number of nitrogens with one attached hydrogen (secondary N) is 1. The van der Waals surface area contributed by atoms with Crippen molar-refractivity contribution in [1.29, 1.82) is 0 Å². The van der Waals surface area contributed by atoms with Crippen LogP contribution in [-0.4, -0.2) is 50.4 Å². The summed E-state index contributed by atoms with van der Waals surface area (Å²) < 4.78 is 35.4. The van der Waals surface area contributed by atoms with Gasteiger partial charge in [-0.15, -0.1) is 0 Å². The number of rotatable bonds is 13. The van der Waals surface area contributed by atoms with Gasteiger partial charge in [0.05, 0.1) is 17.2 Å². The normalized spacial score (nSPS) is 14.2. The number of benzene rings is 3. The fourth-order valence-corrected chi connectivity index (χ4v) is 7.47. The Morgan fingerprint density at radius 3 is 2.16 bits per heavy atom. The molecule has 1 fully saturated rings. The molecule has 1 aliphatic carbocycles. The van der Waals surface area contributed by atoms with Crippen molar-refractivity contribution in [3.63, 3.8) is 0 Å². The molecule has 0 aromatic heterocycles. The summed E-state index contributed by atoms with van der Waals surface area (Å²) in [5, 5.41) is 3.78. The van der Waals surface area contributed by atoms with E-state index >= 15 is 0 Å². The lowest BCUT2D eigenvalue weighted by Crippen LogP contribution is -2.53. The van der Waals surface area contributed by atoms with E-state index in [1.165, 1.54) is 17.0 Å². The highest BCUT2D eigenvalue weighted by Gasteiger charge is 2.35. The number of nitrogens with zero attached hydrogens (tertiary/aromatic N) is 2. The molecule has 12 heteroatoms. The molecule has 0 aliphatic heterocycles. The van der Waals surface area contributed by atoms with Gasteiger partial charge in [-0.2, -0.15) is 0 Å². The Bertz CT molecular complexity index is 1530. The topological polar surface area (TPSA) is 96.0 Å². The number of carbonyl (C=O) groups is 2. The fourth-order valence-electron chi connectivity index (χ4n) is 5.28. The lowest BCUT2D eigenvalue weighted by molar-refractivity contribution is -0.140. The van der Waals surface area contributed by atoms with Crippen LogP contribution in [0.25, 0.3) is 0 Å². The Balaban J connectivity index is 1.74. The molecule has 0 unspecified atom stereocenters. The minimum atomic E-state index is -4.21. The number of hydrogen-bond donors (Lipinski definition) is 1. The molecule has 0 heterocycles. The van der Waals surface area contributed by atoms with E-state index in [4.69, 9.17) is 27.9 Å². The SMILES string of the molecule is CCOc1ccc(N(CC(=O)N(Cc2c(Cl)cccc2Cl)[C@@H](CC)C(=O)NC2CCCC2)S(=O)(=O)c2ccc(Br)cc2)cc1. The van der Waals surface area contributed by atoms with Crippen molar-refractivity contribution < 1.29 is 22.7 Å². The summed E-state index contributed by atoms with van der Waals surface area (Å²) in [4.78, 5) is 29.3. The van der Waals surface area contributed by atoms with Gasteiger partial charge in [0.15, 0.2) is 0 Å². The minimum Gasteiger partial charge on any atom is -0.494 e. The highest BCUT2D eigenvalue weighted by Crippen LogP contribution is 2.30. The van der Waals surface area contributed by atoms with E-state index < -0.39 is 28.5 Å². The first-order valence-electron chi connectivity index (χ1n) is 14.6. The molecule has 0 radical (unpaired) electrons. The number of amides is 2. The van der Waals surface area contributed by atoms with Crippen LogP contribution >= 0.6 is 39.1 Å². The summed E-state index contributed by atoms with van der Waals surface area (Å²) in [5.74, 6) is -0.309. The molecule has 0 spiro atoms. The van der Waals surface area contributed by atoms with Crippen LogP contribution in [-0.2, 0) is 26.2 Å². The third kappa shape index (κ3) is 8.27. The van der Waals surface area contributed by atoms with E-state index in [-0.39, 0.29) is 29.1 Å². The Morgan fingerprint density at radius 1 is 0.977 bits per heavy atom. The second kappa shape index (κ2) is 15.5. The van der Waals surface area contributed by atoms with Crippen molar-refractivity contribution in [3.8, 4) is 5.75 Å². The molecule has 1 N–H and O–H groups in total. The van der Waals surface area contributed by atoms with Gasteiger partial charge in [-0.05, 0) is 86.8 Å². The lowest BCUT2D eigenvalue weighted by Gasteiger charge is -2.34. The van der Waals surface area contributed by atoms with Gasteiger partial charge in [-0.3, -0.25) is 13.9 Å². The first-order chi connectivity index (χ1) is 21.0. The maximum Gasteiger partial charge on any atom is 0.264 e. The van der Waals surface area contributed by atoms with Gasteiger partial charge in [0.25, 0.3) is 10.0 Å². The van der Waals surface area contributed by atoms with E-state index in [1.807, 2.05) is 13.8 Å². The van der Waals surface area contributed by atoms with Gasteiger partial charge in [0.1, 0.15) is 18.3 Å². The first-order valence-corrected chi connectivity index (χ1v) is 17.6. The Labute approximate surface area is 277 Å². The average Bonchev–Trinajstić information content (AvgIpc) is 3.51. The van der Waals surface area contributed by atoms with Crippen LogP contribution in [0, 0.1) is 0 Å².